The summed E-state index contributed by atoms with van der Waals surface area (Å²) >= 11 is 1.63. The maximum atomic E-state index is 12.7. The van der Waals surface area contributed by atoms with Crippen molar-refractivity contribution in [3.8, 4) is 11.5 Å². The molecule has 2 aromatic carbocycles. The second kappa shape index (κ2) is 9.01. The molecule has 0 unspecified atom stereocenters. The monoisotopic (exact) mass is 400 g/mol. The van der Waals surface area contributed by atoms with Crippen molar-refractivity contribution in [2.45, 2.75) is 23.8 Å². The Morgan fingerprint density at radius 2 is 1.89 bits per heavy atom. The zero-order valence-corrected chi connectivity index (χ0v) is 17.0. The average molecular weight is 401 g/mol. The van der Waals surface area contributed by atoms with Crippen molar-refractivity contribution in [2.75, 3.05) is 32.3 Å². The lowest BCUT2D eigenvalue weighted by Gasteiger charge is -2.17. The Morgan fingerprint density at radius 1 is 1.11 bits per heavy atom. The van der Waals surface area contributed by atoms with Gasteiger partial charge in [-0.25, -0.2) is 0 Å². The third-order valence-electron chi connectivity index (χ3n) is 4.73. The summed E-state index contributed by atoms with van der Waals surface area (Å²) in [5.74, 6) is 0.952. The molecule has 2 amide bonds. The van der Waals surface area contributed by atoms with E-state index in [0.29, 0.717) is 24.5 Å². The largest absolute Gasteiger partial charge is 0.493 e. The summed E-state index contributed by atoms with van der Waals surface area (Å²) in [6.07, 6.45) is 2.74. The second-order valence-electron chi connectivity index (χ2n) is 6.46. The number of carbonyl (C=O) groups is 2. The minimum absolute atomic E-state index is 0.149. The first kappa shape index (κ1) is 20.1. The first-order chi connectivity index (χ1) is 13.5. The third-order valence-corrected chi connectivity index (χ3v) is 5.45. The van der Waals surface area contributed by atoms with Crippen LogP contribution in [0.5, 0.6) is 11.5 Å². The Balaban J connectivity index is 1.63. The van der Waals surface area contributed by atoms with E-state index in [0.717, 1.165) is 16.1 Å². The number of hydrogen-bond acceptors (Lipinski definition) is 6. The van der Waals surface area contributed by atoms with Gasteiger partial charge < -0.3 is 14.8 Å². The zero-order valence-electron chi connectivity index (χ0n) is 16.2. The summed E-state index contributed by atoms with van der Waals surface area (Å²) in [5.41, 5.74) is 1.82. The number of thioether (sulfide) groups is 1. The summed E-state index contributed by atoms with van der Waals surface area (Å²) < 4.78 is 10.5. The molecule has 28 heavy (non-hydrogen) atoms. The van der Waals surface area contributed by atoms with Gasteiger partial charge in [0.25, 0.3) is 5.91 Å². The molecule has 1 heterocycles. The molecule has 1 atom stereocenters. The molecule has 1 aliphatic rings. The number of hydrogen-bond donors (Lipinski definition) is 1. The van der Waals surface area contributed by atoms with Gasteiger partial charge in [0.15, 0.2) is 11.5 Å². The van der Waals surface area contributed by atoms with Crippen LogP contribution in [-0.2, 0) is 16.0 Å². The molecule has 1 N–H and O–H groups in total. The number of imide groups is 1. The number of anilines is 1. The minimum atomic E-state index is -0.519. The molecule has 3 rings (SSSR count). The van der Waals surface area contributed by atoms with Gasteiger partial charge in [-0.2, -0.15) is 0 Å². The number of amides is 2. The molecule has 1 saturated heterocycles. The molecule has 2 aromatic rings. The Bertz CT molecular complexity index is 871. The lowest BCUT2D eigenvalue weighted by atomic mass is 10.1. The van der Waals surface area contributed by atoms with Gasteiger partial charge in [-0.15, -0.1) is 11.8 Å². The van der Waals surface area contributed by atoms with Crippen molar-refractivity contribution >= 4 is 29.3 Å². The van der Waals surface area contributed by atoms with Gasteiger partial charge in [0.2, 0.25) is 5.91 Å². The topological polar surface area (TPSA) is 67.9 Å². The van der Waals surface area contributed by atoms with Crippen LogP contribution in [0.15, 0.2) is 47.4 Å². The third kappa shape index (κ3) is 4.42. The number of benzene rings is 2. The molecule has 0 spiro atoms. The predicted molar refractivity (Wildman–Crippen MR) is 110 cm³/mol. The highest BCUT2D eigenvalue weighted by atomic mass is 32.2. The minimum Gasteiger partial charge on any atom is -0.493 e. The number of nitrogens with zero attached hydrogens (tertiary/aromatic N) is 1. The van der Waals surface area contributed by atoms with Crippen LogP contribution in [0.3, 0.4) is 0 Å². The molecule has 0 bridgehead atoms. The average Bonchev–Trinajstić information content (AvgIpc) is 2.98. The fourth-order valence-corrected chi connectivity index (χ4v) is 3.68. The van der Waals surface area contributed by atoms with Crippen LogP contribution < -0.4 is 14.8 Å². The molecule has 0 aromatic heterocycles. The molecule has 7 heteroatoms. The smallest absolute Gasteiger partial charge is 0.252 e. The number of likely N-dealkylation sites (tertiary alicyclic amines) is 1. The fraction of sp³-hybridized carbons (Fsp3) is 0.333. The molecule has 1 aliphatic heterocycles. The lowest BCUT2D eigenvalue weighted by molar-refractivity contribution is -0.138. The summed E-state index contributed by atoms with van der Waals surface area (Å²) in [6, 6.07) is 12.9. The van der Waals surface area contributed by atoms with Crippen molar-refractivity contribution < 1.29 is 19.1 Å². The highest BCUT2D eigenvalue weighted by Gasteiger charge is 2.38. The molecular weight excluding hydrogens is 376 g/mol. The van der Waals surface area contributed by atoms with Gasteiger partial charge in [0.1, 0.15) is 6.04 Å². The van der Waals surface area contributed by atoms with Crippen LogP contribution in [0.4, 0.5) is 5.69 Å². The van der Waals surface area contributed by atoms with E-state index in [2.05, 4.69) is 5.32 Å². The van der Waals surface area contributed by atoms with E-state index in [1.54, 1.807) is 26.0 Å². The molecule has 0 radical (unpaired) electrons. The van der Waals surface area contributed by atoms with Crippen molar-refractivity contribution in [1.82, 2.24) is 4.90 Å². The molecule has 0 saturated carbocycles. The summed E-state index contributed by atoms with van der Waals surface area (Å²) in [6.45, 7) is 0.343. The van der Waals surface area contributed by atoms with E-state index in [1.165, 1.54) is 4.90 Å². The Labute approximate surface area is 169 Å². The van der Waals surface area contributed by atoms with E-state index >= 15 is 0 Å². The van der Waals surface area contributed by atoms with Crippen molar-refractivity contribution in [2.24, 2.45) is 0 Å². The van der Waals surface area contributed by atoms with Gasteiger partial charge in [0.05, 0.1) is 20.6 Å². The molecule has 148 valence electrons. The number of rotatable bonds is 8. The summed E-state index contributed by atoms with van der Waals surface area (Å²) in [4.78, 5) is 27.5. The number of ether oxygens (including phenoxy) is 2. The second-order valence-corrected chi connectivity index (χ2v) is 7.34. The van der Waals surface area contributed by atoms with E-state index in [4.69, 9.17) is 9.47 Å². The molecule has 0 aliphatic carbocycles. The zero-order chi connectivity index (χ0) is 20.1. The van der Waals surface area contributed by atoms with E-state index in [-0.39, 0.29) is 18.2 Å². The van der Waals surface area contributed by atoms with Crippen LogP contribution in [0.2, 0.25) is 0 Å². The Morgan fingerprint density at radius 3 is 2.61 bits per heavy atom. The van der Waals surface area contributed by atoms with Crippen LogP contribution in [0.1, 0.15) is 12.0 Å². The van der Waals surface area contributed by atoms with Gasteiger partial charge in [0, 0.05) is 17.1 Å². The van der Waals surface area contributed by atoms with Crippen LogP contribution in [0.25, 0.3) is 0 Å². The van der Waals surface area contributed by atoms with Crippen molar-refractivity contribution in [3.63, 3.8) is 0 Å². The maximum Gasteiger partial charge on any atom is 0.252 e. The van der Waals surface area contributed by atoms with Gasteiger partial charge >= 0.3 is 0 Å². The molecule has 1 fully saturated rings. The highest BCUT2D eigenvalue weighted by Crippen LogP contribution is 2.28. The van der Waals surface area contributed by atoms with E-state index in [9.17, 15) is 9.59 Å². The Hall–Kier alpha value is -2.67. The lowest BCUT2D eigenvalue weighted by Crippen LogP contribution is -2.36. The fourth-order valence-electron chi connectivity index (χ4n) is 3.22. The van der Waals surface area contributed by atoms with Gasteiger partial charge in [-0.1, -0.05) is 12.1 Å². The summed E-state index contributed by atoms with van der Waals surface area (Å²) in [7, 11) is 3.17. The van der Waals surface area contributed by atoms with E-state index < -0.39 is 6.04 Å². The van der Waals surface area contributed by atoms with Crippen molar-refractivity contribution in [1.29, 1.82) is 0 Å². The first-order valence-corrected chi connectivity index (χ1v) is 10.2. The first-order valence-electron chi connectivity index (χ1n) is 9.01. The quantitative estimate of drug-likeness (QED) is 0.542. The standard InChI is InChI=1S/C21H24N2O4S/c1-26-18-8-7-14(11-19(18)27-2)9-10-23-20(24)13-17(21(23)25)22-15-5-4-6-16(12-15)28-3/h4-8,11-12,17,22H,9-10,13H2,1-3H3/t17-/m0/s1. The SMILES string of the molecule is COc1ccc(CCN2C(=O)C[C@H](Nc3cccc(SC)c3)C2=O)cc1OC. The van der Waals surface area contributed by atoms with E-state index in [1.807, 2.05) is 48.7 Å². The normalized spacial score (nSPS) is 16.4. The molecule has 6 nitrogen and oxygen atoms in total. The Kier molecular flexibility index (Phi) is 6.46. The van der Waals surface area contributed by atoms with Crippen LogP contribution in [-0.4, -0.2) is 49.8 Å². The molecular formula is C21H24N2O4S. The van der Waals surface area contributed by atoms with Gasteiger partial charge in [-0.3, -0.25) is 14.5 Å². The number of methoxy groups -OCH3 is 2. The number of nitrogens with one attached hydrogen (secondary N) is 1. The van der Waals surface area contributed by atoms with Crippen molar-refractivity contribution in [3.05, 3.63) is 48.0 Å². The van der Waals surface area contributed by atoms with Crippen LogP contribution >= 0.6 is 11.8 Å². The predicted octanol–water partition coefficient (Wildman–Crippen LogP) is 3.21. The van der Waals surface area contributed by atoms with Crippen LogP contribution in [0, 0.1) is 0 Å². The maximum absolute atomic E-state index is 12.7. The summed E-state index contributed by atoms with van der Waals surface area (Å²) in [5, 5.41) is 3.20. The van der Waals surface area contributed by atoms with Gasteiger partial charge in [-0.05, 0) is 48.6 Å². The highest BCUT2D eigenvalue weighted by molar-refractivity contribution is 7.98. The number of carbonyl (C=O) groups excluding carboxylic acids is 2.